The van der Waals surface area contributed by atoms with Gasteiger partial charge in [-0.15, -0.1) is 0 Å². The molecule has 0 bridgehead atoms. The van der Waals surface area contributed by atoms with Crippen molar-refractivity contribution in [2.75, 3.05) is 17.1 Å². The molecule has 162 valence electrons. The van der Waals surface area contributed by atoms with Crippen molar-refractivity contribution in [1.82, 2.24) is 5.16 Å². The summed E-state index contributed by atoms with van der Waals surface area (Å²) in [6.07, 6.45) is 3.32. The molecule has 0 saturated heterocycles. The van der Waals surface area contributed by atoms with Crippen LogP contribution in [0.2, 0.25) is 0 Å². The number of sulfonamides is 1. The van der Waals surface area contributed by atoms with Gasteiger partial charge in [-0.25, -0.2) is 8.42 Å². The molecule has 2 N–H and O–H groups in total. The van der Waals surface area contributed by atoms with Crippen molar-refractivity contribution in [2.45, 2.75) is 25.7 Å². The highest BCUT2D eigenvalue weighted by Crippen LogP contribution is 2.25. The summed E-state index contributed by atoms with van der Waals surface area (Å²) in [5.41, 5.74) is 2.70. The van der Waals surface area contributed by atoms with E-state index in [1.165, 1.54) is 6.92 Å². The molecule has 0 aliphatic carbocycles. The number of ether oxygens (including phenoxy) is 1. The summed E-state index contributed by atoms with van der Waals surface area (Å²) < 4.78 is 38.8. The first kappa shape index (κ1) is 22.1. The van der Waals surface area contributed by atoms with Crippen LogP contribution in [0.1, 0.15) is 29.5 Å². The van der Waals surface area contributed by atoms with Crippen LogP contribution in [-0.2, 0) is 14.8 Å². The quantitative estimate of drug-likeness (QED) is 0.568. The van der Waals surface area contributed by atoms with Crippen molar-refractivity contribution < 1.29 is 22.5 Å². The molecule has 0 radical (unpaired) electrons. The largest absolute Gasteiger partial charge is 0.497 e. The Morgan fingerprint density at radius 3 is 2.45 bits per heavy atom. The van der Waals surface area contributed by atoms with Crippen LogP contribution in [0.3, 0.4) is 0 Å². The number of aromatic nitrogens is 1. The minimum absolute atomic E-state index is 0.154. The smallest absolute Gasteiger partial charge is 0.262 e. The van der Waals surface area contributed by atoms with Gasteiger partial charge in [-0.05, 0) is 61.4 Å². The number of nitrogens with zero attached hydrogens (tertiary/aromatic N) is 1. The molecule has 9 heteroatoms. The van der Waals surface area contributed by atoms with Gasteiger partial charge in [0, 0.05) is 12.6 Å². The Balaban J connectivity index is 1.87. The zero-order chi connectivity index (χ0) is 22.6. The predicted octanol–water partition coefficient (Wildman–Crippen LogP) is 4.23. The standard InChI is InChI=1S/C22H23N3O5S/c1-14-5-6-17(7-12-20-22(23-16(3)26)15(2)24-30-20)13-21(14)31(27,28)25-18-8-10-19(29-4)11-9-18/h5-13,25H,1-4H3,(H,23,26). The number of anilines is 2. The molecule has 2 aromatic carbocycles. The van der Waals surface area contributed by atoms with Crippen LogP contribution < -0.4 is 14.8 Å². The van der Waals surface area contributed by atoms with E-state index in [1.54, 1.807) is 75.6 Å². The fourth-order valence-electron chi connectivity index (χ4n) is 2.88. The molecule has 1 heterocycles. The summed E-state index contributed by atoms with van der Waals surface area (Å²) in [7, 11) is -2.26. The molecule has 0 aliphatic heterocycles. The number of methoxy groups -OCH3 is 1. The van der Waals surface area contributed by atoms with Gasteiger partial charge in [0.15, 0.2) is 5.76 Å². The Bertz CT molecular complexity index is 1230. The van der Waals surface area contributed by atoms with Crippen LogP contribution in [0.4, 0.5) is 11.4 Å². The zero-order valence-electron chi connectivity index (χ0n) is 17.6. The first-order valence-corrected chi connectivity index (χ1v) is 10.9. The zero-order valence-corrected chi connectivity index (χ0v) is 18.4. The van der Waals surface area contributed by atoms with E-state index in [0.29, 0.717) is 39.7 Å². The highest BCUT2D eigenvalue weighted by molar-refractivity contribution is 7.92. The summed E-state index contributed by atoms with van der Waals surface area (Å²) in [5.74, 6) is 0.760. The third kappa shape index (κ3) is 5.32. The maximum absolute atomic E-state index is 12.9. The van der Waals surface area contributed by atoms with Crippen LogP contribution in [0.25, 0.3) is 12.2 Å². The van der Waals surface area contributed by atoms with Gasteiger partial charge in [0.25, 0.3) is 10.0 Å². The Kier molecular flexibility index (Phi) is 6.45. The lowest BCUT2D eigenvalue weighted by atomic mass is 10.1. The number of carbonyl (C=O) groups is 1. The molecule has 3 aromatic rings. The Hall–Kier alpha value is -3.59. The van der Waals surface area contributed by atoms with E-state index in [0.717, 1.165) is 0 Å². The number of benzene rings is 2. The molecule has 1 amide bonds. The molecular weight excluding hydrogens is 418 g/mol. The molecule has 0 aliphatic rings. The van der Waals surface area contributed by atoms with Crippen molar-refractivity contribution >= 4 is 39.5 Å². The summed E-state index contributed by atoms with van der Waals surface area (Å²) >= 11 is 0. The van der Waals surface area contributed by atoms with Gasteiger partial charge in [-0.2, -0.15) is 0 Å². The number of nitrogens with one attached hydrogen (secondary N) is 2. The average Bonchev–Trinajstić information content (AvgIpc) is 3.06. The Labute approximate surface area is 181 Å². The topological polar surface area (TPSA) is 111 Å². The molecule has 8 nitrogen and oxygen atoms in total. The number of carbonyl (C=O) groups excluding carboxylic acids is 1. The molecule has 0 spiro atoms. The predicted molar refractivity (Wildman–Crippen MR) is 119 cm³/mol. The summed E-state index contributed by atoms with van der Waals surface area (Å²) in [6, 6.07) is 11.7. The SMILES string of the molecule is COc1ccc(NS(=O)(=O)c2cc(C=Cc3onc(C)c3NC(C)=O)ccc2C)cc1. The van der Waals surface area contributed by atoms with Crippen molar-refractivity contribution in [1.29, 1.82) is 0 Å². The molecule has 0 unspecified atom stereocenters. The lowest BCUT2D eigenvalue weighted by molar-refractivity contribution is -0.114. The number of amides is 1. The first-order valence-electron chi connectivity index (χ1n) is 9.39. The highest BCUT2D eigenvalue weighted by Gasteiger charge is 2.18. The van der Waals surface area contributed by atoms with Crippen LogP contribution >= 0.6 is 0 Å². The molecule has 3 rings (SSSR count). The third-order valence-corrected chi connectivity index (χ3v) is 5.98. The second-order valence-electron chi connectivity index (χ2n) is 6.88. The van der Waals surface area contributed by atoms with E-state index in [4.69, 9.17) is 9.26 Å². The van der Waals surface area contributed by atoms with Crippen LogP contribution in [-0.4, -0.2) is 26.6 Å². The number of aryl methyl sites for hydroxylation is 2. The fraction of sp³-hybridized carbons (Fsp3) is 0.182. The molecule has 31 heavy (non-hydrogen) atoms. The van der Waals surface area contributed by atoms with Crippen molar-refractivity contribution in [3.63, 3.8) is 0 Å². The van der Waals surface area contributed by atoms with Crippen LogP contribution in [0.5, 0.6) is 5.75 Å². The van der Waals surface area contributed by atoms with Gasteiger partial charge in [0.2, 0.25) is 5.91 Å². The van der Waals surface area contributed by atoms with Gasteiger partial charge in [-0.1, -0.05) is 23.4 Å². The molecule has 0 saturated carbocycles. The van der Waals surface area contributed by atoms with E-state index < -0.39 is 10.0 Å². The molecule has 0 fully saturated rings. The monoisotopic (exact) mass is 441 g/mol. The van der Waals surface area contributed by atoms with Crippen LogP contribution in [0.15, 0.2) is 51.9 Å². The van der Waals surface area contributed by atoms with E-state index in [1.807, 2.05) is 0 Å². The summed E-state index contributed by atoms with van der Waals surface area (Å²) in [4.78, 5) is 11.5. The second-order valence-corrected chi connectivity index (χ2v) is 8.53. The van der Waals surface area contributed by atoms with Gasteiger partial charge >= 0.3 is 0 Å². The maximum atomic E-state index is 12.9. The maximum Gasteiger partial charge on any atom is 0.262 e. The minimum atomic E-state index is -3.81. The van der Waals surface area contributed by atoms with Crippen molar-refractivity contribution in [2.24, 2.45) is 0 Å². The Morgan fingerprint density at radius 1 is 1.10 bits per heavy atom. The minimum Gasteiger partial charge on any atom is -0.497 e. The summed E-state index contributed by atoms with van der Waals surface area (Å²) in [6.45, 7) is 4.84. The van der Waals surface area contributed by atoms with Gasteiger partial charge in [0.1, 0.15) is 17.1 Å². The van der Waals surface area contributed by atoms with E-state index in [2.05, 4.69) is 15.2 Å². The first-order chi connectivity index (χ1) is 14.7. The second kappa shape index (κ2) is 9.05. The van der Waals surface area contributed by atoms with Gasteiger partial charge < -0.3 is 14.6 Å². The third-order valence-electron chi connectivity index (χ3n) is 4.46. The normalized spacial score (nSPS) is 11.5. The van der Waals surface area contributed by atoms with Crippen molar-refractivity contribution in [3.8, 4) is 5.75 Å². The number of rotatable bonds is 7. The number of hydrogen-bond acceptors (Lipinski definition) is 6. The van der Waals surface area contributed by atoms with Gasteiger partial charge in [-0.3, -0.25) is 9.52 Å². The highest BCUT2D eigenvalue weighted by atomic mass is 32.2. The Morgan fingerprint density at radius 2 is 1.81 bits per heavy atom. The molecule has 1 aromatic heterocycles. The fourth-order valence-corrected chi connectivity index (χ4v) is 4.22. The number of hydrogen-bond donors (Lipinski definition) is 2. The van der Waals surface area contributed by atoms with Gasteiger partial charge in [0.05, 0.1) is 12.0 Å². The van der Waals surface area contributed by atoms with E-state index in [-0.39, 0.29) is 10.8 Å². The van der Waals surface area contributed by atoms with E-state index >= 15 is 0 Å². The van der Waals surface area contributed by atoms with Crippen molar-refractivity contribution in [3.05, 3.63) is 65.0 Å². The molecular formula is C22H23N3O5S. The average molecular weight is 442 g/mol. The van der Waals surface area contributed by atoms with E-state index in [9.17, 15) is 13.2 Å². The summed E-state index contributed by atoms with van der Waals surface area (Å²) in [5, 5.41) is 6.53. The lowest BCUT2D eigenvalue weighted by Crippen LogP contribution is -2.14. The van der Waals surface area contributed by atoms with Crippen LogP contribution in [0, 0.1) is 13.8 Å². The lowest BCUT2D eigenvalue weighted by Gasteiger charge is -2.11. The molecule has 0 atom stereocenters.